The van der Waals surface area contributed by atoms with Crippen molar-refractivity contribution in [1.82, 2.24) is 25.2 Å². The molecule has 0 spiro atoms. The normalized spacial score (nSPS) is 20.1. The van der Waals surface area contributed by atoms with Gasteiger partial charge in [-0.15, -0.1) is 0 Å². The van der Waals surface area contributed by atoms with Gasteiger partial charge < -0.3 is 20.7 Å². The number of carbonyl (C=O) groups is 1. The number of hydrogen-bond donors (Lipinski definition) is 3. The number of fused-ring (bicyclic) bond motifs is 1. The maximum Gasteiger partial charge on any atom is 0.234 e. The third-order valence-electron chi connectivity index (χ3n) is 7.16. The fourth-order valence-corrected chi connectivity index (χ4v) is 5.21. The Balaban J connectivity index is 1.02. The second-order valence-electron chi connectivity index (χ2n) is 9.83. The average molecular weight is 510 g/mol. The lowest BCUT2D eigenvalue weighted by Crippen LogP contribution is -2.52. The first-order chi connectivity index (χ1) is 18.7. The number of para-hydroxylation sites is 1. The van der Waals surface area contributed by atoms with Gasteiger partial charge in [0.2, 0.25) is 11.9 Å². The van der Waals surface area contributed by atoms with E-state index in [4.69, 9.17) is 4.74 Å². The smallest absolute Gasteiger partial charge is 0.234 e. The van der Waals surface area contributed by atoms with Gasteiger partial charge in [-0.05, 0) is 68.1 Å². The SMILES string of the molecule is O=C1CN(C2CCC(Oc3ccc(Nc4nccc(Nc5cnc6ccccc6c5)n4)cc3)CC2)CCN1. The standard InChI is InChI=1S/C29H31N7O2/c37-28-19-36(16-15-30-28)23-7-11-25(12-8-23)38-24-9-5-21(6-10-24)34-29-31-14-13-27(35-29)33-22-17-20-3-1-2-4-26(20)32-18-22/h1-6,9-10,13-14,17-18,23,25H,7-8,11-12,15-16,19H2,(H,30,37)(H2,31,33,34,35). The van der Waals surface area contributed by atoms with Crippen LogP contribution in [-0.4, -0.2) is 57.5 Å². The van der Waals surface area contributed by atoms with E-state index in [0.29, 0.717) is 24.4 Å². The van der Waals surface area contributed by atoms with Crippen molar-refractivity contribution in [2.75, 3.05) is 30.3 Å². The molecule has 38 heavy (non-hydrogen) atoms. The zero-order chi connectivity index (χ0) is 25.7. The lowest BCUT2D eigenvalue weighted by Gasteiger charge is -2.38. The highest BCUT2D eigenvalue weighted by Gasteiger charge is 2.29. The summed E-state index contributed by atoms with van der Waals surface area (Å²) in [6.07, 6.45) is 7.86. The minimum Gasteiger partial charge on any atom is -0.490 e. The first-order valence-electron chi connectivity index (χ1n) is 13.2. The molecule has 194 valence electrons. The van der Waals surface area contributed by atoms with E-state index in [1.807, 2.05) is 54.6 Å². The second-order valence-corrected chi connectivity index (χ2v) is 9.83. The Labute approximate surface area is 221 Å². The van der Waals surface area contributed by atoms with Crippen LogP contribution in [0.5, 0.6) is 5.75 Å². The van der Waals surface area contributed by atoms with Crippen molar-refractivity contribution in [3.63, 3.8) is 0 Å². The zero-order valence-electron chi connectivity index (χ0n) is 21.1. The quantitative estimate of drug-likeness (QED) is 0.331. The Morgan fingerprint density at radius 1 is 0.921 bits per heavy atom. The summed E-state index contributed by atoms with van der Waals surface area (Å²) in [5.74, 6) is 2.18. The molecular formula is C29H31N7O2. The van der Waals surface area contributed by atoms with Crippen LogP contribution in [0.2, 0.25) is 0 Å². The molecule has 1 saturated heterocycles. The average Bonchev–Trinajstić information content (AvgIpc) is 2.95. The van der Waals surface area contributed by atoms with Crippen molar-refractivity contribution in [3.05, 3.63) is 73.1 Å². The monoisotopic (exact) mass is 509 g/mol. The topological polar surface area (TPSA) is 104 Å². The highest BCUT2D eigenvalue weighted by Crippen LogP contribution is 2.28. The van der Waals surface area contributed by atoms with Gasteiger partial charge in [0.05, 0.1) is 30.0 Å². The number of amides is 1. The Bertz CT molecular complexity index is 1400. The number of nitrogens with one attached hydrogen (secondary N) is 3. The summed E-state index contributed by atoms with van der Waals surface area (Å²) < 4.78 is 6.26. The first kappa shape index (κ1) is 24.1. The van der Waals surface area contributed by atoms with Gasteiger partial charge in [-0.25, -0.2) is 4.98 Å². The molecule has 9 nitrogen and oxygen atoms in total. The predicted octanol–water partition coefficient (Wildman–Crippen LogP) is 4.63. The van der Waals surface area contributed by atoms with Crippen molar-refractivity contribution in [2.45, 2.75) is 37.8 Å². The van der Waals surface area contributed by atoms with Gasteiger partial charge in [0, 0.05) is 36.4 Å². The van der Waals surface area contributed by atoms with Gasteiger partial charge in [0.15, 0.2) is 0 Å². The van der Waals surface area contributed by atoms with E-state index in [1.54, 1.807) is 12.4 Å². The van der Waals surface area contributed by atoms with Crippen LogP contribution < -0.4 is 20.7 Å². The summed E-state index contributed by atoms with van der Waals surface area (Å²) in [7, 11) is 0. The summed E-state index contributed by atoms with van der Waals surface area (Å²) in [5.41, 5.74) is 2.70. The molecule has 4 aromatic rings. The Morgan fingerprint density at radius 3 is 2.61 bits per heavy atom. The van der Waals surface area contributed by atoms with E-state index >= 15 is 0 Å². The molecule has 2 aromatic heterocycles. The molecule has 1 saturated carbocycles. The predicted molar refractivity (Wildman–Crippen MR) is 148 cm³/mol. The molecule has 6 rings (SSSR count). The molecule has 2 fully saturated rings. The zero-order valence-corrected chi connectivity index (χ0v) is 21.1. The van der Waals surface area contributed by atoms with Crippen molar-refractivity contribution >= 4 is 40.0 Å². The van der Waals surface area contributed by atoms with Crippen molar-refractivity contribution in [3.8, 4) is 5.75 Å². The van der Waals surface area contributed by atoms with E-state index < -0.39 is 0 Å². The maximum atomic E-state index is 11.7. The van der Waals surface area contributed by atoms with Crippen molar-refractivity contribution < 1.29 is 9.53 Å². The highest BCUT2D eigenvalue weighted by molar-refractivity contribution is 5.82. The van der Waals surface area contributed by atoms with Crippen LogP contribution in [-0.2, 0) is 4.79 Å². The largest absolute Gasteiger partial charge is 0.490 e. The molecule has 1 aliphatic heterocycles. The fourth-order valence-electron chi connectivity index (χ4n) is 5.21. The molecule has 3 N–H and O–H groups in total. The van der Waals surface area contributed by atoms with Crippen LogP contribution >= 0.6 is 0 Å². The second kappa shape index (κ2) is 11.0. The number of benzene rings is 2. The highest BCUT2D eigenvalue weighted by atomic mass is 16.5. The van der Waals surface area contributed by atoms with Crippen LogP contribution in [0.3, 0.4) is 0 Å². The van der Waals surface area contributed by atoms with Crippen molar-refractivity contribution in [1.29, 1.82) is 0 Å². The number of anilines is 4. The van der Waals surface area contributed by atoms with Crippen LogP contribution in [0.1, 0.15) is 25.7 Å². The third-order valence-corrected chi connectivity index (χ3v) is 7.16. The molecule has 0 unspecified atom stereocenters. The van der Waals surface area contributed by atoms with Gasteiger partial charge >= 0.3 is 0 Å². The van der Waals surface area contributed by atoms with E-state index in [9.17, 15) is 4.79 Å². The number of pyridine rings is 1. The number of carbonyl (C=O) groups excluding carboxylic acids is 1. The molecule has 0 atom stereocenters. The molecule has 1 amide bonds. The number of aromatic nitrogens is 3. The molecule has 2 aliphatic rings. The maximum absolute atomic E-state index is 11.7. The minimum absolute atomic E-state index is 0.138. The lowest BCUT2D eigenvalue weighted by molar-refractivity contribution is -0.125. The summed E-state index contributed by atoms with van der Waals surface area (Å²) in [6.45, 7) is 2.22. The van der Waals surface area contributed by atoms with Crippen molar-refractivity contribution in [2.24, 2.45) is 0 Å². The number of piperazine rings is 1. The molecule has 9 heteroatoms. The van der Waals surface area contributed by atoms with Gasteiger partial charge in [-0.1, -0.05) is 18.2 Å². The van der Waals surface area contributed by atoms with Gasteiger partial charge in [-0.3, -0.25) is 14.7 Å². The third kappa shape index (κ3) is 5.84. The number of ether oxygens (including phenoxy) is 1. The first-order valence-corrected chi connectivity index (χ1v) is 13.2. The number of nitrogens with zero attached hydrogens (tertiary/aromatic N) is 4. The van der Waals surface area contributed by atoms with Crippen LogP contribution in [0.4, 0.5) is 23.1 Å². The van der Waals surface area contributed by atoms with Gasteiger partial charge in [0.25, 0.3) is 0 Å². The Kier molecular flexibility index (Phi) is 6.99. The Morgan fingerprint density at radius 2 is 1.76 bits per heavy atom. The van der Waals surface area contributed by atoms with E-state index in [0.717, 1.165) is 66.8 Å². The molecule has 0 bridgehead atoms. The van der Waals surface area contributed by atoms with E-state index in [2.05, 4.69) is 41.9 Å². The summed E-state index contributed by atoms with van der Waals surface area (Å²) in [5, 5.41) is 10.5. The van der Waals surface area contributed by atoms with E-state index in [-0.39, 0.29) is 12.0 Å². The summed E-state index contributed by atoms with van der Waals surface area (Å²) >= 11 is 0. The number of rotatable bonds is 7. The molecule has 0 radical (unpaired) electrons. The summed E-state index contributed by atoms with van der Waals surface area (Å²) in [6, 6.07) is 20.3. The lowest BCUT2D eigenvalue weighted by atomic mass is 9.91. The van der Waals surface area contributed by atoms with Crippen LogP contribution in [0.25, 0.3) is 10.9 Å². The summed E-state index contributed by atoms with van der Waals surface area (Å²) in [4.78, 5) is 27.5. The van der Waals surface area contributed by atoms with E-state index in [1.165, 1.54) is 0 Å². The number of hydrogen-bond acceptors (Lipinski definition) is 8. The molecule has 3 heterocycles. The molecule has 2 aromatic carbocycles. The van der Waals surface area contributed by atoms with Crippen LogP contribution in [0, 0.1) is 0 Å². The van der Waals surface area contributed by atoms with Crippen LogP contribution in [0.15, 0.2) is 73.1 Å². The molecular weight excluding hydrogens is 478 g/mol. The Hall–Kier alpha value is -4.24. The minimum atomic E-state index is 0.138. The fraction of sp³-hybridized carbons (Fsp3) is 0.310. The van der Waals surface area contributed by atoms with Gasteiger partial charge in [-0.2, -0.15) is 4.98 Å². The van der Waals surface area contributed by atoms with Gasteiger partial charge in [0.1, 0.15) is 11.6 Å². The molecule has 1 aliphatic carbocycles.